The van der Waals surface area contributed by atoms with E-state index in [4.69, 9.17) is 0 Å². The average Bonchev–Trinajstić information content (AvgIpc) is 2.74. The highest BCUT2D eigenvalue weighted by Crippen LogP contribution is 2.22. The Morgan fingerprint density at radius 3 is 3.00 bits per heavy atom. The van der Waals surface area contributed by atoms with E-state index in [0.29, 0.717) is 6.04 Å². The average molecular weight is 204 g/mol. The van der Waals surface area contributed by atoms with Gasteiger partial charge >= 0.3 is 0 Å². The molecule has 0 bridgehead atoms. The summed E-state index contributed by atoms with van der Waals surface area (Å²) in [6.07, 6.45) is 4.60. The second-order valence-electron chi connectivity index (χ2n) is 3.81. The molecule has 0 saturated heterocycles. The van der Waals surface area contributed by atoms with Gasteiger partial charge in [0.25, 0.3) is 0 Å². The first-order chi connectivity index (χ1) is 7.24. The van der Waals surface area contributed by atoms with E-state index in [1.54, 1.807) is 6.33 Å². The monoisotopic (exact) mass is 204 g/mol. The lowest BCUT2D eigenvalue weighted by Gasteiger charge is -2.25. The van der Waals surface area contributed by atoms with Crippen LogP contribution in [0.3, 0.4) is 0 Å². The van der Waals surface area contributed by atoms with Crippen LogP contribution in [0.4, 0.5) is 5.82 Å². The molecular weight excluding hydrogens is 188 g/mol. The highest BCUT2D eigenvalue weighted by Gasteiger charge is 2.13. The lowest BCUT2D eigenvalue weighted by atomic mass is 10.2. The van der Waals surface area contributed by atoms with Crippen molar-refractivity contribution >= 4 is 16.9 Å². The minimum absolute atomic E-state index is 0.484. The summed E-state index contributed by atoms with van der Waals surface area (Å²) >= 11 is 0. The molecule has 0 aromatic carbocycles. The van der Waals surface area contributed by atoms with Gasteiger partial charge in [-0.1, -0.05) is 6.92 Å². The molecule has 2 rings (SSSR count). The Balaban J connectivity index is 2.46. The molecule has 0 amide bonds. The van der Waals surface area contributed by atoms with E-state index >= 15 is 0 Å². The van der Waals surface area contributed by atoms with E-state index in [2.05, 4.69) is 40.7 Å². The third kappa shape index (κ3) is 1.67. The molecule has 1 atom stereocenters. The molecule has 0 aliphatic carbocycles. The van der Waals surface area contributed by atoms with Crippen molar-refractivity contribution in [1.29, 1.82) is 0 Å². The van der Waals surface area contributed by atoms with Gasteiger partial charge in [-0.2, -0.15) is 0 Å². The Labute approximate surface area is 89.3 Å². The predicted octanol–water partition coefficient (Wildman–Crippen LogP) is 2.19. The molecule has 2 heterocycles. The van der Waals surface area contributed by atoms with Crippen LogP contribution in [0.2, 0.25) is 0 Å². The van der Waals surface area contributed by atoms with Crippen LogP contribution >= 0.6 is 0 Å². The van der Waals surface area contributed by atoms with Crippen LogP contribution in [0.25, 0.3) is 11.0 Å². The summed E-state index contributed by atoms with van der Waals surface area (Å²) in [5.41, 5.74) is 0.898. The second-order valence-corrected chi connectivity index (χ2v) is 3.81. The van der Waals surface area contributed by atoms with Crippen molar-refractivity contribution in [2.75, 3.05) is 11.9 Å². The Morgan fingerprint density at radius 1 is 1.47 bits per heavy atom. The number of hydrogen-bond acceptors (Lipinski definition) is 3. The van der Waals surface area contributed by atoms with Crippen LogP contribution in [0, 0.1) is 0 Å². The Bertz CT molecular complexity index is 449. The molecule has 0 saturated carbocycles. The molecular formula is C11H16N4. The maximum Gasteiger partial charge on any atom is 0.142 e. The summed E-state index contributed by atoms with van der Waals surface area (Å²) < 4.78 is 0. The second kappa shape index (κ2) is 3.88. The number of fused-ring (bicyclic) bond motifs is 1. The molecule has 2 aromatic rings. The van der Waals surface area contributed by atoms with Crippen molar-refractivity contribution in [2.24, 2.45) is 0 Å². The molecule has 0 unspecified atom stereocenters. The molecule has 2 aromatic heterocycles. The van der Waals surface area contributed by atoms with Crippen LogP contribution < -0.4 is 4.90 Å². The number of nitrogens with zero attached hydrogens (tertiary/aromatic N) is 3. The number of hydrogen-bond donors (Lipinski definition) is 1. The largest absolute Gasteiger partial charge is 0.356 e. The Hall–Kier alpha value is -1.58. The first kappa shape index (κ1) is 9.96. The first-order valence-corrected chi connectivity index (χ1v) is 5.25. The van der Waals surface area contributed by atoms with Gasteiger partial charge in [0.05, 0.1) is 5.39 Å². The minimum atomic E-state index is 0.484. The number of nitrogens with one attached hydrogen (secondary N) is 1. The van der Waals surface area contributed by atoms with Gasteiger partial charge in [-0.15, -0.1) is 0 Å². The van der Waals surface area contributed by atoms with Crippen molar-refractivity contribution in [3.8, 4) is 0 Å². The molecule has 0 aliphatic rings. The van der Waals surface area contributed by atoms with Gasteiger partial charge in [-0.25, -0.2) is 9.97 Å². The fourth-order valence-electron chi connectivity index (χ4n) is 1.62. The highest BCUT2D eigenvalue weighted by atomic mass is 15.2. The standard InChI is InChI=1S/C11H16N4/c1-4-8(2)15(3)11-9-5-6-12-10(9)13-7-14-11/h5-8H,4H2,1-3H3,(H,12,13,14)/t8-/m1/s1. The minimum Gasteiger partial charge on any atom is -0.356 e. The fraction of sp³-hybridized carbons (Fsp3) is 0.455. The van der Waals surface area contributed by atoms with Gasteiger partial charge in [-0.3, -0.25) is 0 Å². The molecule has 4 nitrogen and oxygen atoms in total. The molecule has 1 N–H and O–H groups in total. The van der Waals surface area contributed by atoms with Crippen molar-refractivity contribution < 1.29 is 0 Å². The summed E-state index contributed by atoms with van der Waals surface area (Å²) in [7, 11) is 2.07. The van der Waals surface area contributed by atoms with Crippen molar-refractivity contribution in [1.82, 2.24) is 15.0 Å². The van der Waals surface area contributed by atoms with Crippen molar-refractivity contribution in [2.45, 2.75) is 26.3 Å². The predicted molar refractivity (Wildman–Crippen MR) is 62.0 cm³/mol. The number of aromatic amines is 1. The lowest BCUT2D eigenvalue weighted by molar-refractivity contribution is 0.658. The molecule has 15 heavy (non-hydrogen) atoms. The molecule has 80 valence electrons. The van der Waals surface area contributed by atoms with Gasteiger partial charge in [-0.05, 0) is 19.4 Å². The van der Waals surface area contributed by atoms with Gasteiger partial charge in [0.2, 0.25) is 0 Å². The zero-order valence-corrected chi connectivity index (χ0v) is 9.36. The molecule has 0 radical (unpaired) electrons. The summed E-state index contributed by atoms with van der Waals surface area (Å²) in [6.45, 7) is 4.37. The molecule has 0 spiro atoms. The van der Waals surface area contributed by atoms with Crippen LogP contribution in [0.1, 0.15) is 20.3 Å². The normalized spacial score (nSPS) is 13.0. The van der Waals surface area contributed by atoms with Gasteiger partial charge in [0, 0.05) is 19.3 Å². The fourth-order valence-corrected chi connectivity index (χ4v) is 1.62. The number of H-pyrrole nitrogens is 1. The number of rotatable bonds is 3. The Kier molecular flexibility index (Phi) is 2.58. The zero-order chi connectivity index (χ0) is 10.8. The van der Waals surface area contributed by atoms with Gasteiger partial charge in [0.1, 0.15) is 17.8 Å². The van der Waals surface area contributed by atoms with E-state index in [1.165, 1.54) is 0 Å². The quantitative estimate of drug-likeness (QED) is 0.833. The Morgan fingerprint density at radius 2 is 2.27 bits per heavy atom. The summed E-state index contributed by atoms with van der Waals surface area (Å²) in [5, 5.41) is 1.08. The van der Waals surface area contributed by atoms with E-state index < -0.39 is 0 Å². The SMILES string of the molecule is CC[C@@H](C)N(C)c1ncnc2[nH]ccc12. The van der Waals surface area contributed by atoms with Crippen LogP contribution in [-0.2, 0) is 0 Å². The number of aromatic nitrogens is 3. The van der Waals surface area contributed by atoms with Crippen molar-refractivity contribution in [3.05, 3.63) is 18.6 Å². The topological polar surface area (TPSA) is 44.8 Å². The maximum absolute atomic E-state index is 4.34. The van der Waals surface area contributed by atoms with E-state index in [-0.39, 0.29) is 0 Å². The molecule has 4 heteroatoms. The first-order valence-electron chi connectivity index (χ1n) is 5.25. The summed E-state index contributed by atoms with van der Waals surface area (Å²) in [4.78, 5) is 13.8. The van der Waals surface area contributed by atoms with Gasteiger partial charge in [0.15, 0.2) is 0 Å². The summed E-state index contributed by atoms with van der Waals surface area (Å²) in [6, 6.07) is 2.50. The van der Waals surface area contributed by atoms with Crippen LogP contribution in [-0.4, -0.2) is 28.0 Å². The highest BCUT2D eigenvalue weighted by molar-refractivity contribution is 5.87. The number of anilines is 1. The maximum atomic E-state index is 4.34. The van der Waals surface area contributed by atoms with E-state index in [1.807, 2.05) is 12.3 Å². The van der Waals surface area contributed by atoms with Gasteiger partial charge < -0.3 is 9.88 Å². The van der Waals surface area contributed by atoms with Crippen LogP contribution in [0.15, 0.2) is 18.6 Å². The summed E-state index contributed by atoms with van der Waals surface area (Å²) in [5.74, 6) is 0.996. The third-order valence-corrected chi connectivity index (χ3v) is 2.92. The van der Waals surface area contributed by atoms with Crippen molar-refractivity contribution in [3.63, 3.8) is 0 Å². The van der Waals surface area contributed by atoms with E-state index in [0.717, 1.165) is 23.3 Å². The third-order valence-electron chi connectivity index (χ3n) is 2.92. The smallest absolute Gasteiger partial charge is 0.142 e. The van der Waals surface area contributed by atoms with E-state index in [9.17, 15) is 0 Å². The molecule has 0 fully saturated rings. The van der Waals surface area contributed by atoms with Crippen LogP contribution in [0.5, 0.6) is 0 Å². The lowest BCUT2D eigenvalue weighted by Crippen LogP contribution is -2.28. The molecule has 0 aliphatic heterocycles. The zero-order valence-electron chi connectivity index (χ0n) is 9.36.